The highest BCUT2D eigenvalue weighted by Gasteiger charge is 2.44. The number of likely N-dealkylation sites (N-methyl/N-ethyl adjacent to an activating group) is 1. The number of cyclic esters (lactones) is 1. The lowest BCUT2D eigenvalue weighted by Crippen LogP contribution is -2.61. The van der Waals surface area contributed by atoms with E-state index < -0.39 is 71.7 Å². The topological polar surface area (TPSA) is 175 Å². The molecule has 3 fully saturated rings. The first-order valence-corrected chi connectivity index (χ1v) is 19.2. The molecule has 0 spiro atoms. The Hall–Kier alpha value is -4.82. The van der Waals surface area contributed by atoms with Gasteiger partial charge in [0.25, 0.3) is 0 Å². The van der Waals surface area contributed by atoms with Crippen molar-refractivity contribution in [3.05, 3.63) is 47.8 Å². The number of esters is 1. The van der Waals surface area contributed by atoms with Gasteiger partial charge >= 0.3 is 5.97 Å². The van der Waals surface area contributed by atoms with Crippen LogP contribution in [0.5, 0.6) is 0 Å². The van der Waals surface area contributed by atoms with Crippen LogP contribution < -0.4 is 16.0 Å². The molecular formula is C39H55FN6O8. The molecule has 0 radical (unpaired) electrons. The Bertz CT molecular complexity index is 1570. The summed E-state index contributed by atoms with van der Waals surface area (Å²) >= 11 is 0. The Labute approximate surface area is 316 Å². The van der Waals surface area contributed by atoms with E-state index in [1.807, 2.05) is 6.92 Å². The van der Waals surface area contributed by atoms with E-state index in [4.69, 9.17) is 4.74 Å². The Morgan fingerprint density at radius 1 is 0.963 bits per heavy atom. The number of ether oxygens (including phenoxy) is 1. The van der Waals surface area contributed by atoms with Crippen molar-refractivity contribution >= 4 is 41.4 Å². The number of halogens is 1. The van der Waals surface area contributed by atoms with Gasteiger partial charge in [0.2, 0.25) is 35.4 Å². The van der Waals surface area contributed by atoms with Crippen LogP contribution in [0.3, 0.4) is 0 Å². The standard InChI is InChI=1S/C39H55FN6O8/c1-5-6-7-8-18-33(48)42-29(24-27-14-11-15-28(40)23-27)35(49)43-34-26(3)54-39(53)31-17-13-22-46(31)36(50)25(2)41-32(47)19-9-10-20-44(4)37(51)30-16-12-21-45(30)38(34)52/h8,11,14-15,18,23,25-26,29-31,34H,5-7,9-10,12-13,16-17,19-22,24H2,1-4H3,(H,41,47)(H,42,48)(H,43,49)/b18-8+/t25-,26-,29-,30-,31-,34-/m0/s1. The predicted octanol–water partition coefficient (Wildman–Crippen LogP) is 2.14. The number of hydrogen-bond donors (Lipinski definition) is 3. The van der Waals surface area contributed by atoms with Crippen molar-refractivity contribution in [1.82, 2.24) is 30.7 Å². The molecule has 0 unspecified atom stereocenters. The second kappa shape index (κ2) is 20.0. The fourth-order valence-electron chi connectivity index (χ4n) is 7.17. The molecule has 54 heavy (non-hydrogen) atoms. The first kappa shape index (κ1) is 41.9. The second-order valence-corrected chi connectivity index (χ2v) is 14.5. The molecule has 0 aliphatic carbocycles. The monoisotopic (exact) mass is 754 g/mol. The zero-order valence-corrected chi connectivity index (χ0v) is 31.8. The molecule has 3 saturated heterocycles. The van der Waals surface area contributed by atoms with Crippen LogP contribution in [0.4, 0.5) is 4.39 Å². The molecule has 0 bridgehead atoms. The van der Waals surface area contributed by atoms with Crippen molar-refractivity contribution in [3.63, 3.8) is 0 Å². The maximum Gasteiger partial charge on any atom is 0.329 e. The van der Waals surface area contributed by atoms with Crippen molar-refractivity contribution in [2.24, 2.45) is 0 Å². The van der Waals surface area contributed by atoms with Crippen molar-refractivity contribution in [2.45, 2.75) is 128 Å². The number of nitrogens with one attached hydrogen (secondary N) is 3. The Balaban J connectivity index is 1.66. The van der Waals surface area contributed by atoms with E-state index in [-0.39, 0.29) is 37.7 Å². The first-order valence-electron chi connectivity index (χ1n) is 19.2. The fraction of sp³-hybridized carbons (Fsp3) is 0.615. The molecule has 3 heterocycles. The number of fused-ring (bicyclic) bond motifs is 2. The minimum Gasteiger partial charge on any atom is -0.458 e. The van der Waals surface area contributed by atoms with Crippen LogP contribution in [0.25, 0.3) is 0 Å². The van der Waals surface area contributed by atoms with Crippen LogP contribution in [0, 0.1) is 5.82 Å². The number of hydrogen-bond acceptors (Lipinski definition) is 8. The highest BCUT2D eigenvalue weighted by atomic mass is 19.1. The van der Waals surface area contributed by atoms with Gasteiger partial charge in [-0.1, -0.05) is 38.0 Å². The third kappa shape index (κ3) is 11.3. The molecule has 0 saturated carbocycles. The number of benzene rings is 1. The smallest absolute Gasteiger partial charge is 0.329 e. The summed E-state index contributed by atoms with van der Waals surface area (Å²) in [4.78, 5) is 99.3. The number of nitrogens with zero attached hydrogens (tertiary/aromatic N) is 3. The van der Waals surface area contributed by atoms with Gasteiger partial charge in [0.1, 0.15) is 42.1 Å². The van der Waals surface area contributed by atoms with Crippen LogP contribution >= 0.6 is 0 Å². The molecule has 6 amide bonds. The van der Waals surface area contributed by atoms with Crippen LogP contribution in [0.1, 0.15) is 90.5 Å². The normalized spacial score (nSPS) is 25.6. The molecular weight excluding hydrogens is 699 g/mol. The Morgan fingerprint density at radius 3 is 2.37 bits per heavy atom. The zero-order chi connectivity index (χ0) is 39.4. The van der Waals surface area contributed by atoms with Gasteiger partial charge in [-0.25, -0.2) is 9.18 Å². The maximum atomic E-state index is 14.5. The van der Waals surface area contributed by atoms with Crippen LogP contribution in [0.2, 0.25) is 0 Å². The van der Waals surface area contributed by atoms with Crippen molar-refractivity contribution in [1.29, 1.82) is 0 Å². The molecule has 14 nitrogen and oxygen atoms in total. The fourth-order valence-corrected chi connectivity index (χ4v) is 7.17. The van der Waals surface area contributed by atoms with Crippen molar-refractivity contribution in [2.75, 3.05) is 26.7 Å². The van der Waals surface area contributed by atoms with E-state index in [0.29, 0.717) is 57.1 Å². The summed E-state index contributed by atoms with van der Waals surface area (Å²) in [6.07, 6.45) is 6.92. The highest BCUT2D eigenvalue weighted by Crippen LogP contribution is 2.24. The number of carbonyl (C=O) groups is 7. The van der Waals surface area contributed by atoms with E-state index in [1.54, 1.807) is 26.1 Å². The maximum absolute atomic E-state index is 14.5. The summed E-state index contributed by atoms with van der Waals surface area (Å²) in [7, 11) is 1.62. The molecule has 3 aliphatic heterocycles. The summed E-state index contributed by atoms with van der Waals surface area (Å²) in [6, 6.07) is 0.125. The van der Waals surface area contributed by atoms with Gasteiger partial charge in [-0.2, -0.15) is 0 Å². The second-order valence-electron chi connectivity index (χ2n) is 14.5. The van der Waals surface area contributed by atoms with E-state index in [0.717, 1.165) is 12.8 Å². The number of amides is 6. The number of unbranched alkanes of at least 4 members (excludes halogenated alkanes) is 2. The van der Waals surface area contributed by atoms with Crippen LogP contribution in [0.15, 0.2) is 36.4 Å². The summed E-state index contributed by atoms with van der Waals surface area (Å²) in [5.41, 5.74) is 0.418. The SMILES string of the molecule is CCCC/C=C/C(=O)N[C@@H](Cc1cccc(F)c1)C(=O)N[C@@H]1C(=O)N2CCC[C@H]2C(=O)N(C)CCCCC(=O)N[C@@H](C)C(=O)N2CCC[C@H]2C(=O)O[C@H]1C. The average molecular weight is 755 g/mol. The Kier molecular flexibility index (Phi) is 15.5. The lowest BCUT2D eigenvalue weighted by atomic mass is 10.0. The number of allylic oxidation sites excluding steroid dienone is 1. The molecule has 3 N–H and O–H groups in total. The molecule has 6 atom stereocenters. The van der Waals surface area contributed by atoms with Gasteiger partial charge < -0.3 is 35.4 Å². The highest BCUT2D eigenvalue weighted by molar-refractivity contribution is 5.97. The molecule has 0 aromatic heterocycles. The van der Waals surface area contributed by atoms with Gasteiger partial charge in [-0.3, -0.25) is 28.8 Å². The van der Waals surface area contributed by atoms with Crippen molar-refractivity contribution in [3.8, 4) is 0 Å². The van der Waals surface area contributed by atoms with Gasteiger partial charge in [0.05, 0.1) is 0 Å². The summed E-state index contributed by atoms with van der Waals surface area (Å²) < 4.78 is 20.0. The largest absolute Gasteiger partial charge is 0.458 e. The van der Waals surface area contributed by atoms with Crippen LogP contribution in [-0.4, -0.2) is 119 Å². The molecule has 1 aromatic rings. The Morgan fingerprint density at radius 2 is 1.67 bits per heavy atom. The predicted molar refractivity (Wildman–Crippen MR) is 197 cm³/mol. The van der Waals surface area contributed by atoms with E-state index >= 15 is 0 Å². The summed E-state index contributed by atoms with van der Waals surface area (Å²) in [5, 5.41) is 8.10. The van der Waals surface area contributed by atoms with Gasteiger partial charge in [0.15, 0.2) is 0 Å². The van der Waals surface area contributed by atoms with E-state index in [1.165, 1.54) is 45.9 Å². The lowest BCUT2D eigenvalue weighted by Gasteiger charge is -2.34. The lowest BCUT2D eigenvalue weighted by molar-refractivity contribution is -0.162. The van der Waals surface area contributed by atoms with E-state index in [9.17, 15) is 38.0 Å². The van der Waals surface area contributed by atoms with Crippen LogP contribution in [-0.2, 0) is 44.7 Å². The van der Waals surface area contributed by atoms with Gasteiger partial charge in [0, 0.05) is 39.5 Å². The van der Waals surface area contributed by atoms with Gasteiger partial charge in [-0.15, -0.1) is 0 Å². The zero-order valence-electron chi connectivity index (χ0n) is 31.8. The quantitative estimate of drug-likeness (QED) is 0.195. The van der Waals surface area contributed by atoms with Gasteiger partial charge in [-0.05, 0) is 82.6 Å². The number of rotatable bonds is 9. The third-order valence-corrected chi connectivity index (χ3v) is 10.2. The van der Waals surface area contributed by atoms with E-state index in [2.05, 4.69) is 16.0 Å². The van der Waals surface area contributed by atoms with Crippen molar-refractivity contribution < 1.29 is 42.7 Å². The first-order chi connectivity index (χ1) is 25.8. The number of carbonyl (C=O) groups excluding carboxylic acids is 7. The molecule has 296 valence electrons. The third-order valence-electron chi connectivity index (χ3n) is 10.2. The molecule has 15 heteroatoms. The summed E-state index contributed by atoms with van der Waals surface area (Å²) in [5.74, 6) is -4.37. The molecule has 4 rings (SSSR count). The summed E-state index contributed by atoms with van der Waals surface area (Å²) in [6.45, 7) is 5.83. The minimum absolute atomic E-state index is 0.114. The average Bonchev–Trinajstić information content (AvgIpc) is 3.83. The molecule has 1 aromatic carbocycles. The molecule has 3 aliphatic rings. The minimum atomic E-state index is -1.49.